The molecular weight excluding hydrogens is 352 g/mol. The number of aliphatic hydroxyl groups is 2. The Kier molecular flexibility index (Phi) is 6.77. The van der Waals surface area contributed by atoms with Crippen LogP contribution in [0.2, 0.25) is 0 Å². The topological polar surface area (TPSA) is 154 Å². The van der Waals surface area contributed by atoms with Gasteiger partial charge in [0.05, 0.1) is 19.0 Å². The van der Waals surface area contributed by atoms with E-state index in [-0.39, 0.29) is 6.61 Å². The van der Waals surface area contributed by atoms with Crippen molar-refractivity contribution in [2.45, 2.75) is 50.5 Å². The Balaban J connectivity index is 1.57. The van der Waals surface area contributed by atoms with Gasteiger partial charge in [-0.15, -0.1) is 0 Å². The summed E-state index contributed by atoms with van der Waals surface area (Å²) in [4.78, 5) is 15.7. The maximum Gasteiger partial charge on any atom is 0.167 e. The third-order valence-electron chi connectivity index (χ3n) is 4.59. The molecule has 3 heterocycles. The van der Waals surface area contributed by atoms with Crippen molar-refractivity contribution >= 4 is 17.0 Å². The number of nitrogens with one attached hydrogen (secondary N) is 1. The van der Waals surface area contributed by atoms with Crippen LogP contribution in [-0.4, -0.2) is 61.6 Å². The van der Waals surface area contributed by atoms with Gasteiger partial charge in [-0.1, -0.05) is 18.0 Å². The molecule has 1 aliphatic rings. The second-order valence-electron chi connectivity index (χ2n) is 6.46. The second-order valence-corrected chi connectivity index (χ2v) is 6.46. The van der Waals surface area contributed by atoms with Crippen molar-refractivity contribution in [3.63, 3.8) is 0 Å². The van der Waals surface area contributed by atoms with Crippen LogP contribution in [0, 0.1) is 0 Å². The van der Waals surface area contributed by atoms with E-state index >= 15 is 0 Å². The van der Waals surface area contributed by atoms with Gasteiger partial charge in [0.2, 0.25) is 0 Å². The van der Waals surface area contributed by atoms with Gasteiger partial charge in [0.15, 0.2) is 17.0 Å². The zero-order chi connectivity index (χ0) is 19.1. The van der Waals surface area contributed by atoms with E-state index in [0.717, 1.165) is 32.2 Å². The monoisotopic (exact) mass is 376 g/mol. The van der Waals surface area contributed by atoms with Crippen molar-refractivity contribution in [2.75, 3.05) is 25.0 Å². The van der Waals surface area contributed by atoms with E-state index in [9.17, 15) is 10.2 Å². The van der Waals surface area contributed by atoms with Crippen molar-refractivity contribution in [3.05, 3.63) is 23.1 Å². The first kappa shape index (κ1) is 19.3. The molecule has 0 amide bonds. The van der Waals surface area contributed by atoms with Crippen LogP contribution in [0.3, 0.4) is 0 Å². The largest absolute Gasteiger partial charge is 0.394 e. The fraction of sp³-hybridized carbons (Fsp3) is 0.688. The van der Waals surface area contributed by atoms with Crippen LogP contribution in [0.15, 0.2) is 17.8 Å². The van der Waals surface area contributed by atoms with Gasteiger partial charge in [-0.2, -0.15) is 0 Å². The molecule has 146 valence electrons. The molecule has 0 aromatic carbocycles. The van der Waals surface area contributed by atoms with E-state index in [0.29, 0.717) is 29.9 Å². The van der Waals surface area contributed by atoms with Gasteiger partial charge < -0.3 is 20.3 Å². The highest BCUT2D eigenvalue weighted by molar-refractivity contribution is 5.82. The van der Waals surface area contributed by atoms with Crippen LogP contribution in [0.4, 0.5) is 5.82 Å². The van der Waals surface area contributed by atoms with Crippen LogP contribution in [0.25, 0.3) is 21.6 Å². The number of nitrogens with zero attached hydrogens (tertiary/aromatic N) is 7. The quantitative estimate of drug-likeness (QED) is 0.247. The van der Waals surface area contributed by atoms with E-state index in [1.165, 1.54) is 6.33 Å². The number of ether oxygens (including phenoxy) is 1. The summed E-state index contributed by atoms with van der Waals surface area (Å²) >= 11 is 0. The van der Waals surface area contributed by atoms with Crippen LogP contribution < -0.4 is 5.32 Å². The van der Waals surface area contributed by atoms with Crippen molar-refractivity contribution in [1.82, 2.24) is 19.5 Å². The Bertz CT molecular complexity index is 791. The SMILES string of the molecule is [N-]=[N+]=NCCCCCCNc1ncnc2c1ncn2[C@H]1C[C@H](O)[C@@H](CO)O1. The molecule has 27 heavy (non-hydrogen) atoms. The predicted molar refractivity (Wildman–Crippen MR) is 97.9 cm³/mol. The Hall–Kier alpha value is -2.46. The Morgan fingerprint density at radius 1 is 1.30 bits per heavy atom. The highest BCUT2D eigenvalue weighted by Gasteiger charge is 2.35. The predicted octanol–water partition coefficient (Wildman–Crippen LogP) is 1.75. The van der Waals surface area contributed by atoms with Gasteiger partial charge >= 0.3 is 0 Å². The van der Waals surface area contributed by atoms with Crippen LogP contribution in [0.5, 0.6) is 0 Å². The zero-order valence-electron chi connectivity index (χ0n) is 15.0. The number of rotatable bonds is 10. The third kappa shape index (κ3) is 4.64. The normalized spacial score (nSPS) is 22.1. The molecule has 0 unspecified atom stereocenters. The molecule has 2 aromatic rings. The number of fused-ring (bicyclic) bond motifs is 1. The standard InChI is InChI=1S/C16H24N8O3/c17-23-22-6-4-2-1-3-5-18-15-14-16(20-9-19-15)24(10-21-14)13-7-11(26)12(8-25)27-13/h9-13,25-26H,1-8H2,(H,18,19,20)/t11-,12+,13+/m0/s1. The number of azide groups is 1. The summed E-state index contributed by atoms with van der Waals surface area (Å²) in [6.45, 7) is 1.07. The van der Waals surface area contributed by atoms with Crippen molar-refractivity contribution in [1.29, 1.82) is 0 Å². The molecule has 1 aliphatic heterocycles. The van der Waals surface area contributed by atoms with E-state index in [4.69, 9.17) is 10.3 Å². The van der Waals surface area contributed by atoms with Gasteiger partial charge in [-0.25, -0.2) is 15.0 Å². The number of unbranched alkanes of at least 4 members (excludes halogenated alkanes) is 3. The van der Waals surface area contributed by atoms with Gasteiger partial charge in [0.25, 0.3) is 0 Å². The van der Waals surface area contributed by atoms with E-state index in [1.807, 2.05) is 0 Å². The Morgan fingerprint density at radius 2 is 2.15 bits per heavy atom. The molecule has 3 atom stereocenters. The smallest absolute Gasteiger partial charge is 0.167 e. The lowest BCUT2D eigenvalue weighted by atomic mass is 10.2. The Morgan fingerprint density at radius 3 is 2.93 bits per heavy atom. The van der Waals surface area contributed by atoms with Gasteiger partial charge in [-0.05, 0) is 18.4 Å². The van der Waals surface area contributed by atoms with E-state index in [1.54, 1.807) is 10.9 Å². The van der Waals surface area contributed by atoms with Crippen LogP contribution in [0.1, 0.15) is 38.3 Å². The van der Waals surface area contributed by atoms with Crippen LogP contribution in [-0.2, 0) is 4.74 Å². The molecule has 0 spiro atoms. The molecule has 0 bridgehead atoms. The number of hydrogen-bond acceptors (Lipinski definition) is 8. The van der Waals surface area contributed by atoms with Gasteiger partial charge in [0, 0.05) is 24.4 Å². The first-order valence-corrected chi connectivity index (χ1v) is 9.11. The summed E-state index contributed by atoms with van der Waals surface area (Å²) < 4.78 is 7.44. The minimum Gasteiger partial charge on any atom is -0.394 e. The van der Waals surface area contributed by atoms with Crippen molar-refractivity contribution in [2.24, 2.45) is 5.11 Å². The lowest BCUT2D eigenvalue weighted by Crippen LogP contribution is -2.24. The maximum absolute atomic E-state index is 9.93. The average Bonchev–Trinajstić information content (AvgIpc) is 3.27. The summed E-state index contributed by atoms with van der Waals surface area (Å²) in [6, 6.07) is 0. The second kappa shape index (κ2) is 9.47. The van der Waals surface area contributed by atoms with Gasteiger partial charge in [0.1, 0.15) is 18.7 Å². The summed E-state index contributed by atoms with van der Waals surface area (Å²) in [6.07, 6.45) is 5.66. The highest BCUT2D eigenvalue weighted by atomic mass is 16.5. The summed E-state index contributed by atoms with van der Waals surface area (Å²) in [7, 11) is 0. The lowest BCUT2D eigenvalue weighted by Gasteiger charge is -2.13. The number of hydrogen-bond donors (Lipinski definition) is 3. The first-order chi connectivity index (χ1) is 13.2. The molecule has 0 aliphatic carbocycles. The number of anilines is 1. The third-order valence-corrected chi connectivity index (χ3v) is 4.59. The summed E-state index contributed by atoms with van der Waals surface area (Å²) in [5.41, 5.74) is 9.49. The first-order valence-electron chi connectivity index (χ1n) is 9.11. The zero-order valence-corrected chi connectivity index (χ0v) is 15.0. The number of aromatic nitrogens is 4. The number of aliphatic hydroxyl groups excluding tert-OH is 2. The lowest BCUT2D eigenvalue weighted by molar-refractivity contribution is -0.0432. The summed E-state index contributed by atoms with van der Waals surface area (Å²) in [5.74, 6) is 0.657. The van der Waals surface area contributed by atoms with E-state index < -0.39 is 18.4 Å². The molecule has 11 heteroatoms. The fourth-order valence-electron chi connectivity index (χ4n) is 3.15. The summed E-state index contributed by atoms with van der Waals surface area (Å²) in [5, 5.41) is 26.0. The fourth-order valence-corrected chi connectivity index (χ4v) is 3.15. The number of imidazole rings is 1. The molecular formula is C16H24N8O3. The molecule has 11 nitrogen and oxygen atoms in total. The van der Waals surface area contributed by atoms with Crippen molar-refractivity contribution in [3.8, 4) is 0 Å². The van der Waals surface area contributed by atoms with E-state index in [2.05, 4.69) is 30.3 Å². The average molecular weight is 376 g/mol. The molecule has 0 radical (unpaired) electrons. The molecule has 1 saturated heterocycles. The minimum atomic E-state index is -0.712. The Labute approximate surface area is 156 Å². The molecule has 1 fully saturated rings. The van der Waals surface area contributed by atoms with Gasteiger partial charge in [-0.3, -0.25) is 4.57 Å². The van der Waals surface area contributed by atoms with Crippen LogP contribution >= 0.6 is 0 Å². The highest BCUT2D eigenvalue weighted by Crippen LogP contribution is 2.31. The maximum atomic E-state index is 9.93. The minimum absolute atomic E-state index is 0.227. The molecule has 2 aromatic heterocycles. The molecule has 0 saturated carbocycles. The van der Waals surface area contributed by atoms with Crippen molar-refractivity contribution < 1.29 is 14.9 Å². The molecule has 3 rings (SSSR count). The molecule has 3 N–H and O–H groups in total.